The molecular weight excluding hydrogens is 198 g/mol. The minimum Gasteiger partial charge on any atom is -0.393 e. The van der Waals surface area contributed by atoms with Gasteiger partial charge < -0.3 is 5.11 Å². The summed E-state index contributed by atoms with van der Waals surface area (Å²) < 4.78 is 0. The number of piperidine rings is 1. The van der Waals surface area contributed by atoms with Crippen molar-refractivity contribution in [2.75, 3.05) is 13.1 Å². The van der Waals surface area contributed by atoms with Crippen LogP contribution < -0.4 is 0 Å². The van der Waals surface area contributed by atoms with Crippen LogP contribution in [-0.4, -0.2) is 29.2 Å². The van der Waals surface area contributed by atoms with E-state index in [0.29, 0.717) is 12.0 Å². The second kappa shape index (κ2) is 4.98. The molecule has 3 unspecified atom stereocenters. The molecule has 2 heteroatoms. The zero-order chi connectivity index (χ0) is 11.5. The summed E-state index contributed by atoms with van der Waals surface area (Å²) in [5.74, 6) is 0.389. The van der Waals surface area contributed by atoms with Crippen LogP contribution >= 0.6 is 0 Å². The van der Waals surface area contributed by atoms with Crippen LogP contribution in [0.1, 0.15) is 31.9 Å². The molecule has 0 spiro atoms. The van der Waals surface area contributed by atoms with E-state index in [0.717, 1.165) is 19.5 Å². The smallest absolute Gasteiger partial charge is 0.0590 e. The fourth-order valence-corrected chi connectivity index (χ4v) is 2.46. The first kappa shape index (κ1) is 11.6. The van der Waals surface area contributed by atoms with Crippen LogP contribution in [0.3, 0.4) is 0 Å². The SMILES string of the molecule is CC1CN(C(C)c2ccccc2)CCC1O. The van der Waals surface area contributed by atoms with Crippen molar-refractivity contribution in [3.63, 3.8) is 0 Å². The van der Waals surface area contributed by atoms with Gasteiger partial charge in [-0.15, -0.1) is 0 Å². The highest BCUT2D eigenvalue weighted by molar-refractivity contribution is 5.18. The summed E-state index contributed by atoms with van der Waals surface area (Å²) in [5, 5.41) is 9.72. The van der Waals surface area contributed by atoms with Gasteiger partial charge in [-0.25, -0.2) is 0 Å². The van der Waals surface area contributed by atoms with Crippen molar-refractivity contribution in [2.24, 2.45) is 5.92 Å². The van der Waals surface area contributed by atoms with Gasteiger partial charge >= 0.3 is 0 Å². The third-order valence-electron chi connectivity index (χ3n) is 3.72. The van der Waals surface area contributed by atoms with Crippen LogP contribution in [-0.2, 0) is 0 Å². The van der Waals surface area contributed by atoms with Gasteiger partial charge in [0.2, 0.25) is 0 Å². The number of nitrogens with zero attached hydrogens (tertiary/aromatic N) is 1. The van der Waals surface area contributed by atoms with Crippen LogP contribution in [0.4, 0.5) is 0 Å². The predicted molar refractivity (Wildman–Crippen MR) is 66.2 cm³/mol. The maximum Gasteiger partial charge on any atom is 0.0590 e. The molecule has 16 heavy (non-hydrogen) atoms. The van der Waals surface area contributed by atoms with Crippen molar-refractivity contribution >= 4 is 0 Å². The first-order valence-electron chi connectivity index (χ1n) is 6.15. The minimum atomic E-state index is -0.112. The van der Waals surface area contributed by atoms with Gasteiger partial charge in [0.15, 0.2) is 0 Å². The molecule has 1 heterocycles. The Morgan fingerprint density at radius 2 is 2.00 bits per heavy atom. The highest BCUT2D eigenvalue weighted by Gasteiger charge is 2.27. The molecule has 2 nitrogen and oxygen atoms in total. The van der Waals surface area contributed by atoms with E-state index in [1.165, 1.54) is 5.56 Å². The average molecular weight is 219 g/mol. The van der Waals surface area contributed by atoms with Crippen LogP contribution in [0.5, 0.6) is 0 Å². The number of likely N-dealkylation sites (tertiary alicyclic amines) is 1. The minimum absolute atomic E-state index is 0.112. The van der Waals surface area contributed by atoms with E-state index in [2.05, 4.69) is 49.1 Å². The monoisotopic (exact) mass is 219 g/mol. The lowest BCUT2D eigenvalue weighted by Gasteiger charge is -2.38. The Morgan fingerprint density at radius 3 is 2.62 bits per heavy atom. The number of rotatable bonds is 2. The van der Waals surface area contributed by atoms with Gasteiger partial charge in [0.25, 0.3) is 0 Å². The Bertz CT molecular complexity index is 325. The fourth-order valence-electron chi connectivity index (χ4n) is 2.46. The summed E-state index contributed by atoms with van der Waals surface area (Å²) in [6, 6.07) is 11.1. The molecule has 1 aromatic rings. The molecule has 1 aromatic carbocycles. The Labute approximate surface area is 97.9 Å². The predicted octanol–water partition coefficient (Wildman–Crippen LogP) is 2.45. The van der Waals surface area contributed by atoms with E-state index in [9.17, 15) is 5.11 Å². The van der Waals surface area contributed by atoms with Crippen molar-refractivity contribution in [2.45, 2.75) is 32.4 Å². The number of aliphatic hydroxyl groups is 1. The van der Waals surface area contributed by atoms with Gasteiger partial charge in [0, 0.05) is 19.1 Å². The normalized spacial score (nSPS) is 28.9. The standard InChI is InChI=1S/C14H21NO/c1-11-10-15(9-8-14(11)16)12(2)13-6-4-3-5-7-13/h3-7,11-12,14,16H,8-10H2,1-2H3. The first-order chi connectivity index (χ1) is 7.68. The molecule has 1 N–H and O–H groups in total. The molecule has 0 bridgehead atoms. The van der Waals surface area contributed by atoms with Gasteiger partial charge in [-0.2, -0.15) is 0 Å². The van der Waals surface area contributed by atoms with E-state index in [1.807, 2.05) is 0 Å². The van der Waals surface area contributed by atoms with E-state index < -0.39 is 0 Å². The van der Waals surface area contributed by atoms with Crippen LogP contribution in [0.25, 0.3) is 0 Å². The highest BCUT2D eigenvalue weighted by atomic mass is 16.3. The van der Waals surface area contributed by atoms with Crippen molar-refractivity contribution in [1.82, 2.24) is 4.90 Å². The molecule has 0 amide bonds. The number of hydrogen-bond donors (Lipinski definition) is 1. The molecule has 0 saturated carbocycles. The highest BCUT2D eigenvalue weighted by Crippen LogP contribution is 2.26. The van der Waals surface area contributed by atoms with E-state index in [-0.39, 0.29) is 6.10 Å². The zero-order valence-electron chi connectivity index (χ0n) is 10.1. The van der Waals surface area contributed by atoms with Gasteiger partial charge in [-0.3, -0.25) is 4.90 Å². The lowest BCUT2D eigenvalue weighted by molar-refractivity contribution is 0.0199. The molecule has 1 aliphatic rings. The molecule has 0 radical (unpaired) electrons. The van der Waals surface area contributed by atoms with Gasteiger partial charge in [-0.1, -0.05) is 37.3 Å². The number of benzene rings is 1. The zero-order valence-corrected chi connectivity index (χ0v) is 10.1. The maximum atomic E-state index is 9.72. The van der Waals surface area contributed by atoms with Crippen LogP contribution in [0.2, 0.25) is 0 Å². The lowest BCUT2D eigenvalue weighted by atomic mass is 9.94. The van der Waals surface area contributed by atoms with E-state index in [1.54, 1.807) is 0 Å². The van der Waals surface area contributed by atoms with Crippen LogP contribution in [0, 0.1) is 5.92 Å². The van der Waals surface area contributed by atoms with Gasteiger partial charge in [0.1, 0.15) is 0 Å². The third-order valence-corrected chi connectivity index (χ3v) is 3.72. The molecule has 1 saturated heterocycles. The molecule has 1 aliphatic heterocycles. The Morgan fingerprint density at radius 1 is 1.31 bits per heavy atom. The molecule has 0 aromatic heterocycles. The summed E-state index contributed by atoms with van der Waals surface area (Å²) in [4.78, 5) is 2.46. The summed E-state index contributed by atoms with van der Waals surface area (Å²) in [6.07, 6.45) is 0.789. The number of aliphatic hydroxyl groups excluding tert-OH is 1. The van der Waals surface area contributed by atoms with E-state index >= 15 is 0 Å². The molecule has 0 aliphatic carbocycles. The maximum absolute atomic E-state index is 9.72. The fraction of sp³-hybridized carbons (Fsp3) is 0.571. The summed E-state index contributed by atoms with van der Waals surface area (Å²) >= 11 is 0. The van der Waals surface area contributed by atoms with Crippen LogP contribution in [0.15, 0.2) is 30.3 Å². The van der Waals surface area contributed by atoms with E-state index in [4.69, 9.17) is 0 Å². The van der Waals surface area contributed by atoms with Gasteiger partial charge in [-0.05, 0) is 24.8 Å². The molecule has 1 fully saturated rings. The molecule has 88 valence electrons. The number of hydrogen-bond acceptors (Lipinski definition) is 2. The summed E-state index contributed by atoms with van der Waals surface area (Å²) in [7, 11) is 0. The Hall–Kier alpha value is -0.860. The molecule has 3 atom stereocenters. The second-order valence-corrected chi connectivity index (χ2v) is 4.91. The first-order valence-corrected chi connectivity index (χ1v) is 6.15. The van der Waals surface area contributed by atoms with Crippen molar-refractivity contribution in [1.29, 1.82) is 0 Å². The van der Waals surface area contributed by atoms with Gasteiger partial charge in [0.05, 0.1) is 6.10 Å². The van der Waals surface area contributed by atoms with Crippen molar-refractivity contribution < 1.29 is 5.11 Å². The topological polar surface area (TPSA) is 23.5 Å². The quantitative estimate of drug-likeness (QED) is 0.826. The second-order valence-electron chi connectivity index (χ2n) is 4.91. The molecule has 2 rings (SSSR count). The summed E-state index contributed by atoms with van der Waals surface area (Å²) in [6.45, 7) is 6.38. The Kier molecular flexibility index (Phi) is 3.62. The summed E-state index contributed by atoms with van der Waals surface area (Å²) in [5.41, 5.74) is 1.37. The largest absolute Gasteiger partial charge is 0.393 e. The van der Waals surface area contributed by atoms with Crippen molar-refractivity contribution in [3.05, 3.63) is 35.9 Å². The lowest BCUT2D eigenvalue weighted by Crippen LogP contribution is -2.42. The van der Waals surface area contributed by atoms with Crippen molar-refractivity contribution in [3.8, 4) is 0 Å². The average Bonchev–Trinajstić information content (AvgIpc) is 2.33. The molecular formula is C14H21NO. The third kappa shape index (κ3) is 2.45. The Balaban J connectivity index is 2.03.